The third-order valence-electron chi connectivity index (χ3n) is 1.63. The molecule has 0 aromatic rings. The minimum atomic E-state index is -0.0631. The van der Waals surface area contributed by atoms with Crippen molar-refractivity contribution < 1.29 is 4.74 Å². The van der Waals surface area contributed by atoms with Crippen LogP contribution in [0.1, 0.15) is 27.7 Å². The fourth-order valence-electron chi connectivity index (χ4n) is 0.533. The van der Waals surface area contributed by atoms with Crippen LogP contribution in [0.5, 0.6) is 0 Å². The number of rotatable bonds is 4. The van der Waals surface area contributed by atoms with Crippen LogP contribution in [-0.2, 0) is 4.74 Å². The van der Waals surface area contributed by atoms with E-state index in [1.165, 1.54) is 0 Å². The summed E-state index contributed by atoms with van der Waals surface area (Å²) in [5.41, 5.74) is -0.0142. The summed E-state index contributed by atoms with van der Waals surface area (Å²) in [5.74, 6) is 0. The highest BCUT2D eigenvalue weighted by atomic mass is 79.9. The van der Waals surface area contributed by atoms with E-state index >= 15 is 0 Å². The van der Waals surface area contributed by atoms with E-state index < -0.39 is 0 Å². The average molecular weight is 235 g/mol. The lowest BCUT2D eigenvalue weighted by molar-refractivity contribution is -0.0302. The summed E-state index contributed by atoms with van der Waals surface area (Å²) in [6.07, 6.45) is 1.94. The van der Waals surface area contributed by atoms with Crippen molar-refractivity contribution in [1.29, 1.82) is 0 Å². The molecule has 0 saturated carbocycles. The molecule has 0 rings (SSSR count). The van der Waals surface area contributed by atoms with Gasteiger partial charge in [0.1, 0.15) is 0 Å². The van der Waals surface area contributed by atoms with Crippen LogP contribution in [-0.4, -0.2) is 17.5 Å². The SMILES string of the molecule is C=CC(C)(CBr)COC(C)(C)C. The van der Waals surface area contributed by atoms with E-state index in [-0.39, 0.29) is 11.0 Å². The number of alkyl halides is 1. The van der Waals surface area contributed by atoms with E-state index in [0.29, 0.717) is 6.61 Å². The first-order chi connectivity index (χ1) is 5.33. The van der Waals surface area contributed by atoms with Gasteiger partial charge in [-0.15, -0.1) is 6.58 Å². The summed E-state index contributed by atoms with van der Waals surface area (Å²) in [5, 5.41) is 0.888. The maximum absolute atomic E-state index is 5.68. The lowest BCUT2D eigenvalue weighted by atomic mass is 9.95. The van der Waals surface area contributed by atoms with Crippen molar-refractivity contribution >= 4 is 15.9 Å². The van der Waals surface area contributed by atoms with Gasteiger partial charge in [-0.05, 0) is 20.8 Å². The lowest BCUT2D eigenvalue weighted by Gasteiger charge is -2.28. The minimum absolute atomic E-state index is 0.0489. The van der Waals surface area contributed by atoms with Gasteiger partial charge >= 0.3 is 0 Å². The van der Waals surface area contributed by atoms with Crippen LogP contribution >= 0.6 is 15.9 Å². The predicted octanol–water partition coefficient (Wildman–Crippen LogP) is 3.39. The number of hydrogen-bond acceptors (Lipinski definition) is 1. The molecule has 0 radical (unpaired) electrons. The van der Waals surface area contributed by atoms with E-state index in [1.54, 1.807) is 0 Å². The topological polar surface area (TPSA) is 9.23 Å². The summed E-state index contributed by atoms with van der Waals surface area (Å²) >= 11 is 3.45. The Morgan fingerprint density at radius 2 is 1.83 bits per heavy atom. The molecule has 0 amide bonds. The van der Waals surface area contributed by atoms with Crippen LogP contribution in [0.15, 0.2) is 12.7 Å². The van der Waals surface area contributed by atoms with Gasteiger partial charge in [0.2, 0.25) is 0 Å². The molecule has 0 aliphatic carbocycles. The van der Waals surface area contributed by atoms with Gasteiger partial charge < -0.3 is 4.74 Å². The highest BCUT2D eigenvalue weighted by Crippen LogP contribution is 2.23. The van der Waals surface area contributed by atoms with Gasteiger partial charge in [0.15, 0.2) is 0 Å². The Bertz CT molecular complexity index is 148. The smallest absolute Gasteiger partial charge is 0.0598 e. The maximum atomic E-state index is 5.68. The molecule has 0 heterocycles. The fraction of sp³-hybridized carbons (Fsp3) is 0.800. The number of halogens is 1. The minimum Gasteiger partial charge on any atom is -0.375 e. The second-order valence-corrected chi connectivity index (χ2v) is 4.95. The van der Waals surface area contributed by atoms with E-state index in [0.717, 1.165) is 5.33 Å². The molecule has 0 aromatic carbocycles. The Balaban J connectivity index is 3.98. The summed E-state index contributed by atoms with van der Waals surface area (Å²) < 4.78 is 5.68. The standard InChI is InChI=1S/C10H19BrO/c1-6-10(5,7-11)8-12-9(2,3)4/h6H,1,7-8H2,2-5H3. The highest BCUT2D eigenvalue weighted by molar-refractivity contribution is 9.09. The van der Waals surface area contributed by atoms with Crippen molar-refractivity contribution in [2.24, 2.45) is 5.41 Å². The third-order valence-corrected chi connectivity index (χ3v) is 2.91. The van der Waals surface area contributed by atoms with Gasteiger partial charge in [-0.3, -0.25) is 0 Å². The van der Waals surface area contributed by atoms with Crippen LogP contribution in [0.25, 0.3) is 0 Å². The fourth-order valence-corrected chi connectivity index (χ4v) is 0.924. The van der Waals surface area contributed by atoms with Gasteiger partial charge in [0.05, 0.1) is 12.2 Å². The molecular weight excluding hydrogens is 216 g/mol. The first-order valence-corrected chi connectivity index (χ1v) is 5.29. The zero-order valence-corrected chi connectivity index (χ0v) is 10.1. The van der Waals surface area contributed by atoms with Crippen LogP contribution in [0, 0.1) is 5.41 Å². The van der Waals surface area contributed by atoms with Crippen molar-refractivity contribution in [3.8, 4) is 0 Å². The van der Waals surface area contributed by atoms with Crippen LogP contribution in [0.2, 0.25) is 0 Å². The lowest BCUT2D eigenvalue weighted by Crippen LogP contribution is -2.29. The Kier molecular flexibility index (Phi) is 4.49. The van der Waals surface area contributed by atoms with Crippen molar-refractivity contribution in [3.05, 3.63) is 12.7 Å². The maximum Gasteiger partial charge on any atom is 0.0598 e. The molecule has 1 unspecified atom stereocenters. The van der Waals surface area contributed by atoms with Gasteiger partial charge in [0.25, 0.3) is 0 Å². The second-order valence-electron chi connectivity index (χ2n) is 4.39. The van der Waals surface area contributed by atoms with E-state index in [1.807, 2.05) is 6.08 Å². The quantitative estimate of drug-likeness (QED) is 0.536. The van der Waals surface area contributed by atoms with Crippen molar-refractivity contribution in [2.75, 3.05) is 11.9 Å². The van der Waals surface area contributed by atoms with Gasteiger partial charge in [-0.25, -0.2) is 0 Å². The van der Waals surface area contributed by atoms with Gasteiger partial charge in [0, 0.05) is 10.7 Å². The van der Waals surface area contributed by atoms with Crippen molar-refractivity contribution in [1.82, 2.24) is 0 Å². The molecule has 1 atom stereocenters. The monoisotopic (exact) mass is 234 g/mol. The average Bonchev–Trinajstić information content (AvgIpc) is 1.99. The molecule has 0 spiro atoms. The van der Waals surface area contributed by atoms with Crippen LogP contribution < -0.4 is 0 Å². The molecule has 72 valence electrons. The largest absolute Gasteiger partial charge is 0.375 e. The molecule has 2 heteroatoms. The normalized spacial score (nSPS) is 17.1. The van der Waals surface area contributed by atoms with E-state index in [9.17, 15) is 0 Å². The third kappa shape index (κ3) is 4.94. The van der Waals surface area contributed by atoms with Crippen molar-refractivity contribution in [3.63, 3.8) is 0 Å². The molecule has 0 aromatic heterocycles. The van der Waals surface area contributed by atoms with E-state index in [4.69, 9.17) is 4.74 Å². The summed E-state index contributed by atoms with van der Waals surface area (Å²) in [6.45, 7) is 12.8. The van der Waals surface area contributed by atoms with Crippen LogP contribution in [0.4, 0.5) is 0 Å². The first kappa shape index (κ1) is 12.2. The van der Waals surface area contributed by atoms with E-state index in [2.05, 4.69) is 50.2 Å². The number of ether oxygens (including phenoxy) is 1. The highest BCUT2D eigenvalue weighted by Gasteiger charge is 2.22. The molecule has 0 fully saturated rings. The molecule has 1 nitrogen and oxygen atoms in total. The predicted molar refractivity (Wildman–Crippen MR) is 57.8 cm³/mol. The molecule has 0 bridgehead atoms. The second kappa shape index (κ2) is 4.43. The molecule has 0 N–H and O–H groups in total. The molecule has 0 saturated heterocycles. The zero-order chi connectivity index (χ0) is 9.83. The Hall–Kier alpha value is 0.180. The summed E-state index contributed by atoms with van der Waals surface area (Å²) in [6, 6.07) is 0. The number of hydrogen-bond donors (Lipinski definition) is 0. The zero-order valence-electron chi connectivity index (χ0n) is 8.48. The van der Waals surface area contributed by atoms with Crippen molar-refractivity contribution in [2.45, 2.75) is 33.3 Å². The first-order valence-electron chi connectivity index (χ1n) is 4.16. The summed E-state index contributed by atoms with van der Waals surface area (Å²) in [4.78, 5) is 0. The molecule has 0 aliphatic heterocycles. The van der Waals surface area contributed by atoms with Gasteiger partial charge in [-0.1, -0.05) is 28.9 Å². The molecule has 12 heavy (non-hydrogen) atoms. The summed E-state index contributed by atoms with van der Waals surface area (Å²) in [7, 11) is 0. The van der Waals surface area contributed by atoms with Gasteiger partial charge in [-0.2, -0.15) is 0 Å². The Morgan fingerprint density at radius 1 is 1.33 bits per heavy atom. The molecule has 0 aliphatic rings. The Morgan fingerprint density at radius 3 is 2.08 bits per heavy atom. The molecular formula is C10H19BrO. The Labute approximate surface area is 84.3 Å². The van der Waals surface area contributed by atoms with Crippen LogP contribution in [0.3, 0.4) is 0 Å².